The third-order valence-electron chi connectivity index (χ3n) is 4.87. The standard InChI is InChI=1S/C24H21ClFN3O3/c1-31-24-13-21(28-22-12-23(30)18(25)11-19(22)26)17-7-6-16(10-20(17)29-24)32-9-3-5-15-4-2-8-27-14-15/h2,4,6-8,10-14,30H,3,5,9H2,1H3,(H,28,29). The topological polar surface area (TPSA) is 76.5 Å². The normalized spacial score (nSPS) is 10.8. The number of pyridine rings is 2. The van der Waals surface area contributed by atoms with Crippen molar-refractivity contribution in [1.82, 2.24) is 9.97 Å². The van der Waals surface area contributed by atoms with Gasteiger partial charge < -0.3 is 19.9 Å². The number of methoxy groups -OCH3 is 1. The van der Waals surface area contributed by atoms with E-state index in [9.17, 15) is 9.50 Å². The zero-order valence-electron chi connectivity index (χ0n) is 17.3. The van der Waals surface area contributed by atoms with Crippen molar-refractivity contribution >= 4 is 33.9 Å². The molecule has 0 saturated heterocycles. The second kappa shape index (κ2) is 9.70. The van der Waals surface area contributed by atoms with Crippen molar-refractivity contribution in [3.63, 3.8) is 0 Å². The monoisotopic (exact) mass is 453 g/mol. The van der Waals surface area contributed by atoms with Crippen molar-refractivity contribution in [2.24, 2.45) is 0 Å². The van der Waals surface area contributed by atoms with Crippen LogP contribution in [0, 0.1) is 5.82 Å². The highest BCUT2D eigenvalue weighted by Crippen LogP contribution is 2.35. The minimum Gasteiger partial charge on any atom is -0.506 e. The summed E-state index contributed by atoms with van der Waals surface area (Å²) in [5.41, 5.74) is 2.43. The minimum atomic E-state index is -0.592. The Balaban J connectivity index is 1.53. The lowest BCUT2D eigenvalue weighted by Gasteiger charge is -2.14. The van der Waals surface area contributed by atoms with Crippen molar-refractivity contribution in [3.05, 3.63) is 77.3 Å². The van der Waals surface area contributed by atoms with Crippen LogP contribution < -0.4 is 14.8 Å². The average molecular weight is 454 g/mol. The Morgan fingerprint density at radius 3 is 2.78 bits per heavy atom. The number of aromatic hydroxyl groups is 1. The molecule has 0 radical (unpaired) electrons. The number of aromatic nitrogens is 2. The van der Waals surface area contributed by atoms with Crippen LogP contribution in [0.25, 0.3) is 10.9 Å². The van der Waals surface area contributed by atoms with Gasteiger partial charge in [0.25, 0.3) is 0 Å². The number of ether oxygens (including phenoxy) is 2. The SMILES string of the molecule is COc1cc(Nc2cc(O)c(Cl)cc2F)c2ccc(OCCCc3cccnc3)cc2n1. The molecule has 0 atom stereocenters. The van der Waals surface area contributed by atoms with E-state index >= 15 is 0 Å². The maximum absolute atomic E-state index is 14.3. The maximum atomic E-state index is 14.3. The highest BCUT2D eigenvalue weighted by Gasteiger charge is 2.13. The van der Waals surface area contributed by atoms with E-state index in [2.05, 4.69) is 15.3 Å². The molecule has 2 aromatic carbocycles. The maximum Gasteiger partial charge on any atom is 0.215 e. The molecule has 0 fully saturated rings. The summed E-state index contributed by atoms with van der Waals surface area (Å²) in [6.07, 6.45) is 5.33. The smallest absolute Gasteiger partial charge is 0.215 e. The molecule has 0 spiro atoms. The van der Waals surface area contributed by atoms with Crippen LogP contribution >= 0.6 is 11.6 Å². The Labute approximate surface area is 189 Å². The zero-order valence-corrected chi connectivity index (χ0v) is 18.1. The fourth-order valence-corrected chi connectivity index (χ4v) is 3.42. The van der Waals surface area contributed by atoms with E-state index in [4.69, 9.17) is 21.1 Å². The van der Waals surface area contributed by atoms with E-state index in [0.29, 0.717) is 29.4 Å². The molecule has 164 valence electrons. The molecule has 0 bridgehead atoms. The number of phenolic OH excluding ortho intramolecular Hbond substituents is 1. The Morgan fingerprint density at radius 1 is 1.12 bits per heavy atom. The summed E-state index contributed by atoms with van der Waals surface area (Å²) in [6.45, 7) is 0.546. The van der Waals surface area contributed by atoms with Crippen molar-refractivity contribution in [2.75, 3.05) is 19.0 Å². The average Bonchev–Trinajstić information content (AvgIpc) is 2.80. The quantitative estimate of drug-likeness (QED) is 0.324. The number of halogens is 2. The number of hydrogen-bond donors (Lipinski definition) is 2. The molecular formula is C24H21ClFN3O3. The molecule has 32 heavy (non-hydrogen) atoms. The summed E-state index contributed by atoms with van der Waals surface area (Å²) >= 11 is 5.77. The molecule has 2 aromatic heterocycles. The predicted molar refractivity (Wildman–Crippen MR) is 123 cm³/mol. The Morgan fingerprint density at radius 2 is 2.00 bits per heavy atom. The number of hydrogen-bond acceptors (Lipinski definition) is 6. The Kier molecular flexibility index (Phi) is 6.56. The summed E-state index contributed by atoms with van der Waals surface area (Å²) in [6, 6.07) is 13.4. The van der Waals surface area contributed by atoms with Gasteiger partial charge in [0.15, 0.2) is 0 Å². The summed E-state index contributed by atoms with van der Waals surface area (Å²) in [7, 11) is 1.51. The summed E-state index contributed by atoms with van der Waals surface area (Å²) in [5.74, 6) is 0.214. The molecule has 2 N–H and O–H groups in total. The van der Waals surface area contributed by atoms with E-state index in [-0.39, 0.29) is 16.5 Å². The molecule has 4 rings (SSSR count). The van der Waals surface area contributed by atoms with Crippen molar-refractivity contribution in [3.8, 4) is 17.4 Å². The van der Waals surface area contributed by atoms with Crippen LogP contribution in [0.15, 0.2) is 60.9 Å². The van der Waals surface area contributed by atoms with Crippen LogP contribution in [-0.2, 0) is 6.42 Å². The van der Waals surface area contributed by atoms with Crippen molar-refractivity contribution < 1.29 is 19.0 Å². The van der Waals surface area contributed by atoms with Gasteiger partial charge in [-0.2, -0.15) is 0 Å². The van der Waals surface area contributed by atoms with Crippen LogP contribution in [0.4, 0.5) is 15.8 Å². The first-order valence-corrected chi connectivity index (χ1v) is 10.4. The number of nitrogens with zero attached hydrogens (tertiary/aromatic N) is 2. The number of fused-ring (bicyclic) bond motifs is 1. The first-order valence-electron chi connectivity index (χ1n) is 9.99. The summed E-state index contributed by atoms with van der Waals surface area (Å²) in [4.78, 5) is 8.59. The van der Waals surface area contributed by atoms with E-state index in [1.54, 1.807) is 12.3 Å². The van der Waals surface area contributed by atoms with E-state index in [1.165, 1.54) is 13.2 Å². The third-order valence-corrected chi connectivity index (χ3v) is 5.18. The van der Waals surface area contributed by atoms with Gasteiger partial charge in [0.1, 0.15) is 17.3 Å². The van der Waals surface area contributed by atoms with Gasteiger partial charge in [0, 0.05) is 36.0 Å². The van der Waals surface area contributed by atoms with E-state index in [0.717, 1.165) is 29.9 Å². The molecule has 0 aliphatic rings. The zero-order chi connectivity index (χ0) is 22.5. The number of anilines is 2. The number of rotatable bonds is 8. The molecule has 8 heteroatoms. The van der Waals surface area contributed by atoms with Gasteiger partial charge in [0.2, 0.25) is 5.88 Å². The van der Waals surface area contributed by atoms with Crippen molar-refractivity contribution in [2.45, 2.75) is 12.8 Å². The third kappa shape index (κ3) is 5.00. The van der Waals surface area contributed by atoms with E-state index < -0.39 is 5.82 Å². The molecule has 0 aliphatic heterocycles. The van der Waals surface area contributed by atoms with Crippen LogP contribution in [0.3, 0.4) is 0 Å². The number of nitrogens with one attached hydrogen (secondary N) is 1. The molecule has 6 nitrogen and oxygen atoms in total. The first kappa shape index (κ1) is 21.6. The van der Waals surface area contributed by atoms with E-state index in [1.807, 2.05) is 36.5 Å². The summed E-state index contributed by atoms with van der Waals surface area (Å²) in [5, 5.41) is 13.5. The van der Waals surface area contributed by atoms with Crippen LogP contribution in [0.1, 0.15) is 12.0 Å². The van der Waals surface area contributed by atoms with Gasteiger partial charge in [-0.15, -0.1) is 0 Å². The lowest BCUT2D eigenvalue weighted by atomic mass is 10.1. The van der Waals surface area contributed by atoms with Crippen LogP contribution in [0.2, 0.25) is 5.02 Å². The van der Waals surface area contributed by atoms with Gasteiger partial charge in [-0.3, -0.25) is 4.98 Å². The molecule has 2 heterocycles. The molecule has 0 aliphatic carbocycles. The summed E-state index contributed by atoms with van der Waals surface area (Å²) < 4.78 is 25.5. The van der Waals surface area contributed by atoms with Gasteiger partial charge in [-0.25, -0.2) is 9.37 Å². The predicted octanol–water partition coefficient (Wildman–Crippen LogP) is 5.89. The van der Waals surface area contributed by atoms with Gasteiger partial charge >= 0.3 is 0 Å². The number of benzene rings is 2. The number of phenols is 1. The van der Waals surface area contributed by atoms with Crippen LogP contribution in [-0.4, -0.2) is 28.8 Å². The van der Waals surface area contributed by atoms with Gasteiger partial charge in [-0.05, 0) is 42.7 Å². The molecule has 0 amide bonds. The second-order valence-corrected chi connectivity index (χ2v) is 7.52. The fraction of sp³-hybridized carbons (Fsp3) is 0.167. The molecular weight excluding hydrogens is 433 g/mol. The molecule has 4 aromatic rings. The Hall–Kier alpha value is -3.58. The lowest BCUT2D eigenvalue weighted by Crippen LogP contribution is -2.01. The van der Waals surface area contributed by atoms with Gasteiger partial charge in [-0.1, -0.05) is 17.7 Å². The highest BCUT2D eigenvalue weighted by atomic mass is 35.5. The highest BCUT2D eigenvalue weighted by molar-refractivity contribution is 6.32. The molecule has 0 saturated carbocycles. The minimum absolute atomic E-state index is 0.0597. The lowest BCUT2D eigenvalue weighted by molar-refractivity contribution is 0.311. The first-order chi connectivity index (χ1) is 15.5. The molecule has 0 unspecified atom stereocenters. The second-order valence-electron chi connectivity index (χ2n) is 7.11. The Bertz CT molecular complexity index is 1240. The number of aryl methyl sites for hydroxylation is 1. The largest absolute Gasteiger partial charge is 0.506 e. The van der Waals surface area contributed by atoms with Crippen LogP contribution in [0.5, 0.6) is 17.4 Å². The van der Waals surface area contributed by atoms with Crippen molar-refractivity contribution in [1.29, 1.82) is 0 Å². The van der Waals surface area contributed by atoms with Gasteiger partial charge in [0.05, 0.1) is 35.6 Å². The fourth-order valence-electron chi connectivity index (χ4n) is 3.27.